The highest BCUT2D eigenvalue weighted by Crippen LogP contribution is 2.40. The van der Waals surface area contributed by atoms with E-state index >= 15 is 0 Å². The van der Waals surface area contributed by atoms with Crippen molar-refractivity contribution in [1.82, 2.24) is 9.97 Å². The Bertz CT molecular complexity index is 2680. The van der Waals surface area contributed by atoms with E-state index in [0.717, 1.165) is 51.7 Å². The lowest BCUT2D eigenvalue weighted by Crippen LogP contribution is -2.18. The van der Waals surface area contributed by atoms with Gasteiger partial charge in [-0.25, -0.2) is 9.59 Å². The molecular formula is C53H51ClN4O8. The zero-order valence-electron chi connectivity index (χ0n) is 36.8. The molecule has 0 saturated heterocycles. The summed E-state index contributed by atoms with van der Waals surface area (Å²) in [6.07, 6.45) is 11.1. The summed E-state index contributed by atoms with van der Waals surface area (Å²) in [5, 5.41) is 19.7. The molecule has 12 nitrogen and oxygen atoms in total. The fourth-order valence-corrected chi connectivity index (χ4v) is 7.24. The molecule has 66 heavy (non-hydrogen) atoms. The van der Waals surface area contributed by atoms with Gasteiger partial charge in [-0.1, -0.05) is 48.0 Å². The van der Waals surface area contributed by atoms with Gasteiger partial charge in [-0.2, -0.15) is 0 Å². The van der Waals surface area contributed by atoms with Crippen LogP contribution in [0.3, 0.4) is 0 Å². The number of methoxy groups -OCH3 is 2. The van der Waals surface area contributed by atoms with E-state index in [1.54, 1.807) is 69.2 Å². The van der Waals surface area contributed by atoms with Crippen LogP contribution in [-0.2, 0) is 19.5 Å². The average molecular weight is 907 g/mol. The topological polar surface area (TPSA) is 144 Å². The standard InChI is InChI=1S/C29H27ClN2O4.C24H24N2O4/c1-35-26-13-14-27(28(18-26)36-16-4-6-21-9-11-24(30)12-10-21)32(20-22-5-3-15-31-19-22)25-8-2-7-23(17-25)29(33)34;1-29-22-10-9-21(13-23(22)30-16-17-7-8-17)26(15-18-4-3-11-25-14-18)20-6-2-5-19(12-20)24(27)28/h2-3,5,7-15,17-19H,4,6,16,20H2,1H3,(H,33,34);2-6,9-14,17H,7-8,15-16H2,1H3,(H,27,28). The molecule has 1 aliphatic carbocycles. The van der Waals surface area contributed by atoms with Crippen molar-refractivity contribution >= 4 is 46.3 Å². The van der Waals surface area contributed by atoms with Crippen molar-refractivity contribution in [2.75, 3.05) is 37.2 Å². The van der Waals surface area contributed by atoms with Crippen LogP contribution in [0.2, 0.25) is 5.02 Å². The number of hydrogen-bond donors (Lipinski definition) is 2. The van der Waals surface area contributed by atoms with Crippen molar-refractivity contribution in [2.45, 2.75) is 38.8 Å². The Labute approximate surface area is 389 Å². The molecule has 2 aromatic heterocycles. The molecule has 1 saturated carbocycles. The summed E-state index contributed by atoms with van der Waals surface area (Å²) in [5.74, 6) is 1.37. The van der Waals surface area contributed by atoms with E-state index in [2.05, 4.69) is 9.97 Å². The number of nitrogens with zero attached hydrogens (tertiary/aromatic N) is 4. The van der Waals surface area contributed by atoms with Crippen LogP contribution in [0.15, 0.2) is 158 Å². The summed E-state index contributed by atoms with van der Waals surface area (Å²) in [4.78, 5) is 35.7. The fraction of sp³-hybridized carbons (Fsp3) is 0.208. The lowest BCUT2D eigenvalue weighted by Gasteiger charge is -2.28. The molecular weight excluding hydrogens is 856 g/mol. The number of halogens is 1. The number of pyridine rings is 2. The van der Waals surface area contributed by atoms with Crippen LogP contribution < -0.4 is 28.7 Å². The number of rotatable bonds is 20. The minimum Gasteiger partial charge on any atom is -0.497 e. The molecule has 13 heteroatoms. The van der Waals surface area contributed by atoms with E-state index in [1.807, 2.05) is 113 Å². The van der Waals surface area contributed by atoms with Gasteiger partial charge in [0.25, 0.3) is 0 Å². The van der Waals surface area contributed by atoms with E-state index in [4.69, 9.17) is 30.5 Å². The molecule has 5 aromatic carbocycles. The van der Waals surface area contributed by atoms with Crippen LogP contribution in [0, 0.1) is 5.92 Å². The molecule has 8 rings (SSSR count). The minimum atomic E-state index is -0.980. The van der Waals surface area contributed by atoms with E-state index in [9.17, 15) is 19.8 Å². The maximum absolute atomic E-state index is 11.7. The maximum atomic E-state index is 11.7. The molecule has 7 aromatic rings. The summed E-state index contributed by atoms with van der Waals surface area (Å²) in [7, 11) is 3.24. The SMILES string of the molecule is COc1ccc(N(Cc2cccnc2)c2cccc(C(=O)O)c2)c(OCCCc2ccc(Cl)cc2)c1.COc1ccc(N(Cc2cccnc2)c2cccc(C(=O)O)c2)cc1OCC1CC1. The monoisotopic (exact) mass is 906 g/mol. The fourth-order valence-electron chi connectivity index (χ4n) is 7.12. The number of aromatic carboxylic acids is 2. The third kappa shape index (κ3) is 13.0. The van der Waals surface area contributed by atoms with Crippen molar-refractivity contribution in [3.8, 4) is 23.0 Å². The molecule has 0 aliphatic heterocycles. The van der Waals surface area contributed by atoms with Crippen LogP contribution in [0.1, 0.15) is 56.7 Å². The van der Waals surface area contributed by atoms with E-state index in [1.165, 1.54) is 18.4 Å². The number of carboxylic acids is 2. The summed E-state index contributed by atoms with van der Waals surface area (Å²) in [6.45, 7) is 2.19. The van der Waals surface area contributed by atoms with Crippen molar-refractivity contribution in [3.63, 3.8) is 0 Å². The Balaban J connectivity index is 0.000000199. The van der Waals surface area contributed by atoms with Gasteiger partial charge in [0.15, 0.2) is 11.5 Å². The Kier molecular flexibility index (Phi) is 16.1. The number of carboxylic acid groups (broad SMARTS) is 2. The summed E-state index contributed by atoms with van der Waals surface area (Å²) in [6, 6.07) is 40.8. The van der Waals surface area contributed by atoms with Gasteiger partial charge < -0.3 is 39.0 Å². The molecule has 0 bridgehead atoms. The summed E-state index contributed by atoms with van der Waals surface area (Å²) < 4.78 is 23.2. The van der Waals surface area contributed by atoms with Crippen LogP contribution in [-0.4, -0.2) is 59.6 Å². The molecule has 0 unspecified atom stereocenters. The highest BCUT2D eigenvalue weighted by Gasteiger charge is 2.24. The first-order chi connectivity index (χ1) is 32.2. The zero-order valence-corrected chi connectivity index (χ0v) is 37.5. The van der Waals surface area contributed by atoms with Gasteiger partial charge in [-0.05, 0) is 133 Å². The quantitative estimate of drug-likeness (QED) is 0.0703. The van der Waals surface area contributed by atoms with Gasteiger partial charge in [0.05, 0.1) is 44.2 Å². The summed E-state index contributed by atoms with van der Waals surface area (Å²) >= 11 is 5.99. The maximum Gasteiger partial charge on any atom is 0.335 e. The second kappa shape index (κ2) is 22.9. The van der Waals surface area contributed by atoms with Crippen LogP contribution in [0.5, 0.6) is 23.0 Å². The highest BCUT2D eigenvalue weighted by molar-refractivity contribution is 6.30. The third-order valence-corrected chi connectivity index (χ3v) is 11.1. The number of hydrogen-bond acceptors (Lipinski definition) is 10. The summed E-state index contributed by atoms with van der Waals surface area (Å²) in [5.41, 5.74) is 6.81. The van der Waals surface area contributed by atoms with Gasteiger partial charge in [0, 0.05) is 72.1 Å². The second-order valence-corrected chi connectivity index (χ2v) is 16.0. The van der Waals surface area contributed by atoms with Crippen molar-refractivity contribution in [2.24, 2.45) is 5.92 Å². The third-order valence-electron chi connectivity index (χ3n) is 10.8. The Morgan fingerprint density at radius 1 is 0.621 bits per heavy atom. The van der Waals surface area contributed by atoms with Crippen molar-refractivity contribution < 1.29 is 38.7 Å². The molecule has 0 atom stereocenters. The number of ether oxygens (including phenoxy) is 4. The predicted molar refractivity (Wildman–Crippen MR) is 256 cm³/mol. The molecule has 0 amide bonds. The van der Waals surface area contributed by atoms with Gasteiger partial charge >= 0.3 is 11.9 Å². The van der Waals surface area contributed by atoms with Gasteiger partial charge in [-0.15, -0.1) is 0 Å². The van der Waals surface area contributed by atoms with Crippen LogP contribution in [0.25, 0.3) is 0 Å². The van der Waals surface area contributed by atoms with E-state index in [0.29, 0.717) is 55.2 Å². The molecule has 2 N–H and O–H groups in total. The Morgan fingerprint density at radius 2 is 1.24 bits per heavy atom. The number of aryl methyl sites for hydroxylation is 1. The first-order valence-electron chi connectivity index (χ1n) is 21.5. The number of aromatic nitrogens is 2. The second-order valence-electron chi connectivity index (χ2n) is 15.6. The smallest absolute Gasteiger partial charge is 0.335 e. The first kappa shape index (κ1) is 46.4. The van der Waals surface area contributed by atoms with Gasteiger partial charge in [0.2, 0.25) is 0 Å². The number of anilines is 4. The molecule has 2 heterocycles. The predicted octanol–water partition coefficient (Wildman–Crippen LogP) is 11.7. The molecule has 338 valence electrons. The highest BCUT2D eigenvalue weighted by atomic mass is 35.5. The van der Waals surface area contributed by atoms with Gasteiger partial charge in [0.1, 0.15) is 11.5 Å². The number of carbonyl (C=O) groups is 2. The van der Waals surface area contributed by atoms with Crippen LogP contribution >= 0.6 is 11.6 Å². The molecule has 0 spiro atoms. The lowest BCUT2D eigenvalue weighted by molar-refractivity contribution is 0.0686. The van der Waals surface area contributed by atoms with Crippen LogP contribution in [0.4, 0.5) is 22.7 Å². The van der Waals surface area contributed by atoms with Crippen molar-refractivity contribution in [3.05, 3.63) is 191 Å². The Hall–Kier alpha value is -7.57. The molecule has 1 aliphatic rings. The largest absolute Gasteiger partial charge is 0.497 e. The average Bonchev–Trinajstić information content (AvgIpc) is 4.19. The Morgan fingerprint density at radius 3 is 1.82 bits per heavy atom. The van der Waals surface area contributed by atoms with Gasteiger partial charge in [-0.3, -0.25) is 9.97 Å². The number of benzene rings is 5. The van der Waals surface area contributed by atoms with E-state index in [-0.39, 0.29) is 11.1 Å². The minimum absolute atomic E-state index is 0.211. The normalized spacial score (nSPS) is 11.7. The van der Waals surface area contributed by atoms with E-state index < -0.39 is 11.9 Å². The first-order valence-corrected chi connectivity index (χ1v) is 21.9. The molecule has 0 radical (unpaired) electrons. The lowest BCUT2D eigenvalue weighted by atomic mass is 10.1. The zero-order chi connectivity index (χ0) is 46.3. The molecule has 1 fully saturated rings. The van der Waals surface area contributed by atoms with Crippen molar-refractivity contribution in [1.29, 1.82) is 0 Å².